The van der Waals surface area contributed by atoms with E-state index < -0.39 is 0 Å². The third-order valence-corrected chi connectivity index (χ3v) is 1.77. The van der Waals surface area contributed by atoms with E-state index in [4.69, 9.17) is 20.4 Å². The minimum Gasteiger partial charge on any atom is -0.394 e. The Kier molecular flexibility index (Phi) is 7.39. The van der Waals surface area contributed by atoms with Crippen LogP contribution in [0.4, 0.5) is 0 Å². The second-order valence-corrected chi connectivity index (χ2v) is 2.91. The SMILES string of the molecule is OC1CCC(O)CC1.OCCO. The average Bonchev–Trinajstić information content (AvgIpc) is 2.11. The van der Waals surface area contributed by atoms with E-state index in [0.29, 0.717) is 0 Å². The molecule has 1 saturated carbocycles. The summed E-state index contributed by atoms with van der Waals surface area (Å²) in [5, 5.41) is 33.1. The van der Waals surface area contributed by atoms with Crippen molar-refractivity contribution in [3.05, 3.63) is 0 Å². The highest BCUT2D eigenvalue weighted by atomic mass is 16.3. The third-order valence-electron chi connectivity index (χ3n) is 1.77. The van der Waals surface area contributed by atoms with E-state index in [1.165, 1.54) is 0 Å². The summed E-state index contributed by atoms with van der Waals surface area (Å²) >= 11 is 0. The van der Waals surface area contributed by atoms with Gasteiger partial charge < -0.3 is 20.4 Å². The van der Waals surface area contributed by atoms with E-state index in [1.54, 1.807) is 0 Å². The molecule has 0 saturated heterocycles. The van der Waals surface area contributed by atoms with Crippen LogP contribution in [0.3, 0.4) is 0 Å². The molecule has 0 aromatic carbocycles. The molecular weight excluding hydrogens is 160 g/mol. The lowest BCUT2D eigenvalue weighted by Crippen LogP contribution is -2.21. The van der Waals surface area contributed by atoms with Gasteiger partial charge in [0.2, 0.25) is 0 Å². The van der Waals surface area contributed by atoms with Gasteiger partial charge >= 0.3 is 0 Å². The quantitative estimate of drug-likeness (QED) is 0.426. The van der Waals surface area contributed by atoms with Crippen molar-refractivity contribution in [2.24, 2.45) is 0 Å². The summed E-state index contributed by atoms with van der Waals surface area (Å²) < 4.78 is 0. The predicted octanol–water partition coefficient (Wildman–Crippen LogP) is -0.747. The number of aliphatic hydroxyl groups excluding tert-OH is 4. The number of hydrogen-bond acceptors (Lipinski definition) is 4. The van der Waals surface area contributed by atoms with Crippen LogP contribution < -0.4 is 0 Å². The van der Waals surface area contributed by atoms with Gasteiger partial charge in [0, 0.05) is 0 Å². The smallest absolute Gasteiger partial charge is 0.0662 e. The predicted molar refractivity (Wildman–Crippen MR) is 44.7 cm³/mol. The topological polar surface area (TPSA) is 80.9 Å². The molecule has 0 heterocycles. The fourth-order valence-corrected chi connectivity index (χ4v) is 1.06. The van der Waals surface area contributed by atoms with Gasteiger partial charge in [0.1, 0.15) is 0 Å². The molecule has 1 aliphatic rings. The molecule has 0 aromatic heterocycles. The van der Waals surface area contributed by atoms with E-state index in [-0.39, 0.29) is 25.4 Å². The van der Waals surface area contributed by atoms with Gasteiger partial charge in [-0.2, -0.15) is 0 Å². The van der Waals surface area contributed by atoms with E-state index >= 15 is 0 Å². The first-order chi connectivity index (χ1) is 5.70. The summed E-state index contributed by atoms with van der Waals surface area (Å²) in [5.41, 5.74) is 0. The van der Waals surface area contributed by atoms with Crippen molar-refractivity contribution in [3.63, 3.8) is 0 Å². The average molecular weight is 178 g/mol. The normalized spacial score (nSPS) is 29.0. The maximum absolute atomic E-state index is 8.92. The molecule has 0 spiro atoms. The summed E-state index contributed by atoms with van der Waals surface area (Å²) in [6.07, 6.45) is 2.83. The van der Waals surface area contributed by atoms with Crippen molar-refractivity contribution in [2.45, 2.75) is 37.9 Å². The first-order valence-corrected chi connectivity index (χ1v) is 4.28. The molecule has 1 fully saturated rings. The fourth-order valence-electron chi connectivity index (χ4n) is 1.06. The minimum absolute atomic E-state index is 0.125. The van der Waals surface area contributed by atoms with Gasteiger partial charge in [0.05, 0.1) is 25.4 Å². The lowest BCUT2D eigenvalue weighted by molar-refractivity contribution is 0.0541. The Bertz CT molecular complexity index is 77.1. The Morgan fingerprint density at radius 1 is 0.750 bits per heavy atom. The van der Waals surface area contributed by atoms with Crippen molar-refractivity contribution in [3.8, 4) is 0 Å². The molecule has 4 N–H and O–H groups in total. The summed E-state index contributed by atoms with van der Waals surface area (Å²) in [6.45, 7) is -0.250. The van der Waals surface area contributed by atoms with E-state index in [9.17, 15) is 0 Å². The molecule has 74 valence electrons. The molecule has 0 unspecified atom stereocenters. The highest BCUT2D eigenvalue weighted by Gasteiger charge is 2.15. The number of hydrogen-bond donors (Lipinski definition) is 4. The fraction of sp³-hybridized carbons (Fsp3) is 1.00. The van der Waals surface area contributed by atoms with Gasteiger partial charge in [-0.15, -0.1) is 0 Å². The van der Waals surface area contributed by atoms with Gasteiger partial charge in [-0.25, -0.2) is 0 Å². The summed E-state index contributed by atoms with van der Waals surface area (Å²) in [6, 6.07) is 0. The van der Waals surface area contributed by atoms with Crippen LogP contribution in [-0.4, -0.2) is 45.8 Å². The minimum atomic E-state index is -0.140. The van der Waals surface area contributed by atoms with Gasteiger partial charge in [0.15, 0.2) is 0 Å². The van der Waals surface area contributed by atoms with Crippen LogP contribution in [0.5, 0.6) is 0 Å². The molecule has 0 radical (unpaired) electrons. The molecule has 0 amide bonds. The monoisotopic (exact) mass is 178 g/mol. The molecule has 1 aliphatic carbocycles. The zero-order valence-electron chi connectivity index (χ0n) is 7.19. The van der Waals surface area contributed by atoms with E-state index in [0.717, 1.165) is 25.7 Å². The Morgan fingerprint density at radius 2 is 1.00 bits per heavy atom. The molecule has 12 heavy (non-hydrogen) atoms. The first kappa shape index (κ1) is 11.8. The lowest BCUT2D eigenvalue weighted by atomic mass is 9.95. The maximum Gasteiger partial charge on any atom is 0.0662 e. The first-order valence-electron chi connectivity index (χ1n) is 4.28. The van der Waals surface area contributed by atoms with Crippen molar-refractivity contribution in [1.82, 2.24) is 0 Å². The van der Waals surface area contributed by atoms with Crippen LogP contribution in [0.1, 0.15) is 25.7 Å². The summed E-state index contributed by atoms with van der Waals surface area (Å²) in [7, 11) is 0. The second-order valence-electron chi connectivity index (χ2n) is 2.91. The number of aliphatic hydroxyl groups is 4. The summed E-state index contributed by atoms with van der Waals surface area (Å²) in [5.74, 6) is 0. The standard InChI is InChI=1S/C6H12O2.C2H6O2/c7-5-1-2-6(8)4-3-5;3-1-2-4/h5-8H,1-4H2;3-4H,1-2H2. The Hall–Kier alpha value is -0.160. The van der Waals surface area contributed by atoms with Crippen LogP contribution >= 0.6 is 0 Å². The van der Waals surface area contributed by atoms with Crippen LogP contribution in [-0.2, 0) is 0 Å². The lowest BCUT2D eigenvalue weighted by Gasteiger charge is -2.20. The molecule has 0 bridgehead atoms. The second kappa shape index (κ2) is 7.49. The van der Waals surface area contributed by atoms with Gasteiger partial charge in [-0.3, -0.25) is 0 Å². The Balaban J connectivity index is 0.000000261. The van der Waals surface area contributed by atoms with Gasteiger partial charge in [-0.05, 0) is 25.7 Å². The molecule has 0 atom stereocenters. The van der Waals surface area contributed by atoms with Crippen LogP contribution in [0.25, 0.3) is 0 Å². The summed E-state index contributed by atoms with van der Waals surface area (Å²) in [4.78, 5) is 0. The van der Waals surface area contributed by atoms with Crippen LogP contribution in [0, 0.1) is 0 Å². The van der Waals surface area contributed by atoms with Crippen LogP contribution in [0.2, 0.25) is 0 Å². The molecule has 4 heteroatoms. The maximum atomic E-state index is 8.92. The third kappa shape index (κ3) is 6.54. The zero-order valence-corrected chi connectivity index (χ0v) is 7.19. The zero-order chi connectivity index (χ0) is 9.40. The number of rotatable bonds is 1. The van der Waals surface area contributed by atoms with Crippen LogP contribution in [0.15, 0.2) is 0 Å². The molecule has 0 aliphatic heterocycles. The van der Waals surface area contributed by atoms with Gasteiger partial charge in [0.25, 0.3) is 0 Å². The Labute approximate surface area is 72.5 Å². The highest BCUT2D eigenvalue weighted by molar-refractivity contribution is 4.69. The van der Waals surface area contributed by atoms with Crippen molar-refractivity contribution in [2.75, 3.05) is 13.2 Å². The van der Waals surface area contributed by atoms with Crippen molar-refractivity contribution >= 4 is 0 Å². The van der Waals surface area contributed by atoms with E-state index in [1.807, 2.05) is 0 Å². The highest BCUT2D eigenvalue weighted by Crippen LogP contribution is 2.17. The molecule has 1 rings (SSSR count). The molecule has 4 nitrogen and oxygen atoms in total. The molecular formula is C8H18O4. The van der Waals surface area contributed by atoms with Gasteiger partial charge in [-0.1, -0.05) is 0 Å². The van der Waals surface area contributed by atoms with Crippen molar-refractivity contribution in [1.29, 1.82) is 0 Å². The van der Waals surface area contributed by atoms with Crippen molar-refractivity contribution < 1.29 is 20.4 Å². The Morgan fingerprint density at radius 3 is 1.17 bits per heavy atom. The van der Waals surface area contributed by atoms with E-state index in [2.05, 4.69) is 0 Å². The molecule has 0 aromatic rings. The largest absolute Gasteiger partial charge is 0.394 e.